The molecule has 14 heteroatoms. The van der Waals surface area contributed by atoms with Crippen LogP contribution in [0.1, 0.15) is 96.5 Å². The van der Waals surface area contributed by atoms with Crippen LogP contribution in [-0.2, 0) is 24.0 Å². The van der Waals surface area contributed by atoms with Gasteiger partial charge in [-0.05, 0) is 49.4 Å². The highest BCUT2D eigenvalue weighted by molar-refractivity contribution is 6.38. The summed E-state index contributed by atoms with van der Waals surface area (Å²) in [5, 5.41) is 11.1. The summed E-state index contributed by atoms with van der Waals surface area (Å²) in [7, 11) is 0. The van der Waals surface area contributed by atoms with Gasteiger partial charge in [-0.1, -0.05) is 53.9 Å². The minimum Gasteiger partial charge on any atom is -0.347 e. The molecule has 6 atom stereocenters. The second-order valence-electron chi connectivity index (χ2n) is 14.3. The molecule has 1 aromatic rings. The molecular weight excluding hydrogens is 604 g/mol. The van der Waals surface area contributed by atoms with Gasteiger partial charge in [-0.25, -0.2) is 4.98 Å². The summed E-state index contributed by atoms with van der Waals surface area (Å²) in [6, 6.07) is -4.93. The van der Waals surface area contributed by atoms with Gasteiger partial charge in [0, 0.05) is 31.0 Å². The van der Waals surface area contributed by atoms with Crippen molar-refractivity contribution in [3.05, 3.63) is 24.3 Å². The lowest BCUT2D eigenvalue weighted by molar-refractivity contribution is -0.145. The molecule has 4 rings (SSSR count). The summed E-state index contributed by atoms with van der Waals surface area (Å²) in [4.78, 5) is 90.0. The zero-order chi connectivity index (χ0) is 34.5. The standard InChI is InChI=1S/C33H50N8O6/c1-6-9-21(26(42)31(46)37-20-12-13-20)38-30(45)25-23(34)18(2)17-41(25)32(47)27(33(3,4)5)40-29(44)24(19-10-7-8-11-19)39-28(43)22-16-35-14-15-36-22/h14-16,18-21,23-25,27H,6-13,17,34H2,1-5H3,(H,37,46)(H,38,45)(H,39,43)(H,40,44)/t18-,21-,23-,24-,25-,27+/m0/s1. The summed E-state index contributed by atoms with van der Waals surface area (Å²) in [5.41, 5.74) is 5.78. The molecule has 5 amide bonds. The third-order valence-electron chi connectivity index (χ3n) is 9.38. The van der Waals surface area contributed by atoms with E-state index in [4.69, 9.17) is 5.73 Å². The Morgan fingerprint density at radius 2 is 1.68 bits per heavy atom. The number of amides is 5. The Morgan fingerprint density at radius 1 is 1.00 bits per heavy atom. The summed E-state index contributed by atoms with van der Waals surface area (Å²) in [6.45, 7) is 9.25. The summed E-state index contributed by atoms with van der Waals surface area (Å²) < 4.78 is 0. The third kappa shape index (κ3) is 8.91. The minimum atomic E-state index is -1.13. The first-order valence-corrected chi connectivity index (χ1v) is 16.8. The second kappa shape index (κ2) is 15.3. The minimum absolute atomic E-state index is 0.0141. The number of aromatic nitrogens is 2. The normalized spacial score (nSPS) is 23.4. The first kappa shape index (κ1) is 35.9. The van der Waals surface area contributed by atoms with Crippen LogP contribution < -0.4 is 27.0 Å². The van der Waals surface area contributed by atoms with Crippen LogP contribution in [0.3, 0.4) is 0 Å². The molecule has 6 N–H and O–H groups in total. The van der Waals surface area contributed by atoms with E-state index in [2.05, 4.69) is 31.2 Å². The third-order valence-corrected chi connectivity index (χ3v) is 9.38. The van der Waals surface area contributed by atoms with Crippen molar-refractivity contribution in [1.29, 1.82) is 0 Å². The summed E-state index contributed by atoms with van der Waals surface area (Å²) in [5.74, 6) is -4.02. The van der Waals surface area contributed by atoms with Gasteiger partial charge in [-0.15, -0.1) is 0 Å². The zero-order valence-electron chi connectivity index (χ0n) is 28.1. The van der Waals surface area contributed by atoms with Crippen molar-refractivity contribution in [2.45, 2.75) is 122 Å². The fraction of sp³-hybridized carbons (Fsp3) is 0.697. The van der Waals surface area contributed by atoms with Crippen molar-refractivity contribution in [2.24, 2.45) is 23.0 Å². The van der Waals surface area contributed by atoms with Crippen LogP contribution in [0.2, 0.25) is 0 Å². The van der Waals surface area contributed by atoms with Crippen molar-refractivity contribution in [3.8, 4) is 0 Å². The van der Waals surface area contributed by atoms with Crippen LogP contribution in [0.15, 0.2) is 18.6 Å². The van der Waals surface area contributed by atoms with Crippen LogP contribution >= 0.6 is 0 Å². The molecule has 0 radical (unpaired) electrons. The van der Waals surface area contributed by atoms with Crippen LogP contribution in [0, 0.1) is 17.3 Å². The van der Waals surface area contributed by atoms with E-state index in [1.807, 2.05) is 34.6 Å². The molecule has 1 aliphatic heterocycles. The van der Waals surface area contributed by atoms with E-state index in [1.165, 1.54) is 23.5 Å². The molecule has 1 saturated heterocycles. The Kier molecular flexibility index (Phi) is 11.7. The highest BCUT2D eigenvalue weighted by Crippen LogP contribution is 2.31. The van der Waals surface area contributed by atoms with Crippen LogP contribution in [0.25, 0.3) is 0 Å². The molecule has 0 aromatic carbocycles. The lowest BCUT2D eigenvalue weighted by Gasteiger charge is -2.37. The Balaban J connectivity index is 1.53. The van der Waals surface area contributed by atoms with E-state index in [-0.39, 0.29) is 36.5 Å². The van der Waals surface area contributed by atoms with Crippen molar-refractivity contribution >= 4 is 35.3 Å². The molecule has 2 heterocycles. The number of rotatable bonds is 13. The summed E-state index contributed by atoms with van der Waals surface area (Å²) in [6.07, 6.45) is 9.90. The Morgan fingerprint density at radius 3 is 2.26 bits per heavy atom. The van der Waals surface area contributed by atoms with E-state index in [9.17, 15) is 28.8 Å². The fourth-order valence-corrected chi connectivity index (χ4v) is 6.43. The average Bonchev–Trinajstić information content (AvgIpc) is 3.57. The van der Waals surface area contributed by atoms with E-state index >= 15 is 0 Å². The van der Waals surface area contributed by atoms with Gasteiger partial charge in [0.05, 0.1) is 12.2 Å². The molecule has 0 spiro atoms. The predicted octanol–water partition coefficient (Wildman–Crippen LogP) is 0.603. The first-order valence-electron chi connectivity index (χ1n) is 16.8. The van der Waals surface area contributed by atoms with Crippen LogP contribution in [0.5, 0.6) is 0 Å². The highest BCUT2D eigenvalue weighted by Gasteiger charge is 2.49. The molecule has 0 unspecified atom stereocenters. The van der Waals surface area contributed by atoms with Crippen LogP contribution in [0.4, 0.5) is 0 Å². The molecule has 1 aromatic heterocycles. The number of nitrogens with one attached hydrogen (secondary N) is 4. The molecule has 258 valence electrons. The lowest BCUT2D eigenvalue weighted by atomic mass is 9.84. The van der Waals surface area contributed by atoms with E-state index < -0.39 is 70.9 Å². The highest BCUT2D eigenvalue weighted by atomic mass is 16.2. The first-order chi connectivity index (χ1) is 22.2. The SMILES string of the molecule is CCC[C@H](NC(=O)[C@@H]1[C@@H](N)[C@@H](C)CN1C(=O)[C@@H](NC(=O)[C@@H](NC(=O)c1cnccn1)C1CCCC1)C(C)(C)C)C(=O)C(=O)NC1CC1. The van der Waals surface area contributed by atoms with Gasteiger partial charge in [0.25, 0.3) is 11.8 Å². The van der Waals surface area contributed by atoms with Crippen LogP contribution in [-0.4, -0.2) is 93.0 Å². The molecular formula is C33H50N8O6. The van der Waals surface area contributed by atoms with E-state index in [0.29, 0.717) is 6.42 Å². The molecule has 14 nitrogen and oxygen atoms in total. The largest absolute Gasteiger partial charge is 0.347 e. The van der Waals surface area contributed by atoms with Gasteiger partial charge in [0.15, 0.2) is 0 Å². The topological polar surface area (TPSA) is 206 Å². The number of carbonyl (C=O) groups excluding carboxylic acids is 6. The Bertz CT molecular complexity index is 1320. The number of hydrogen-bond donors (Lipinski definition) is 5. The fourth-order valence-electron chi connectivity index (χ4n) is 6.43. The van der Waals surface area contributed by atoms with E-state index in [1.54, 1.807) is 0 Å². The van der Waals surface area contributed by atoms with Gasteiger partial charge in [0.2, 0.25) is 23.5 Å². The molecule has 2 saturated carbocycles. The summed E-state index contributed by atoms with van der Waals surface area (Å²) >= 11 is 0. The number of Topliss-reactive ketones (excluding diaryl/α,β-unsaturated/α-hetero) is 1. The molecule has 47 heavy (non-hydrogen) atoms. The Hall–Kier alpha value is -3.94. The Labute approximate surface area is 276 Å². The molecule has 0 bridgehead atoms. The zero-order valence-corrected chi connectivity index (χ0v) is 28.1. The van der Waals surface area contributed by atoms with Gasteiger partial charge in [-0.2, -0.15) is 0 Å². The molecule has 2 aliphatic carbocycles. The quantitative estimate of drug-likeness (QED) is 0.189. The average molecular weight is 655 g/mol. The van der Waals surface area contributed by atoms with Gasteiger partial charge >= 0.3 is 0 Å². The monoisotopic (exact) mass is 654 g/mol. The van der Waals surface area contributed by atoms with Crippen molar-refractivity contribution in [2.75, 3.05) is 6.54 Å². The van der Waals surface area contributed by atoms with Crippen molar-refractivity contribution in [1.82, 2.24) is 36.1 Å². The van der Waals surface area contributed by atoms with Crippen molar-refractivity contribution in [3.63, 3.8) is 0 Å². The smallest absolute Gasteiger partial charge is 0.289 e. The van der Waals surface area contributed by atoms with Gasteiger partial charge in [-0.3, -0.25) is 33.8 Å². The van der Waals surface area contributed by atoms with Crippen molar-refractivity contribution < 1.29 is 28.8 Å². The maximum atomic E-state index is 14.3. The number of ketones is 1. The number of nitrogens with zero attached hydrogens (tertiary/aromatic N) is 3. The predicted molar refractivity (Wildman–Crippen MR) is 172 cm³/mol. The maximum Gasteiger partial charge on any atom is 0.289 e. The number of likely N-dealkylation sites (tertiary alicyclic amines) is 1. The van der Waals surface area contributed by atoms with Gasteiger partial charge < -0.3 is 31.9 Å². The lowest BCUT2D eigenvalue weighted by Crippen LogP contribution is -2.63. The molecule has 3 fully saturated rings. The maximum absolute atomic E-state index is 14.3. The van der Waals surface area contributed by atoms with E-state index in [0.717, 1.165) is 38.5 Å². The number of hydrogen-bond acceptors (Lipinski definition) is 9. The number of nitrogens with two attached hydrogens (primary N) is 1. The van der Waals surface area contributed by atoms with Gasteiger partial charge in [0.1, 0.15) is 23.8 Å². The number of carbonyl (C=O) groups is 6. The second-order valence-corrected chi connectivity index (χ2v) is 14.3. The molecule has 3 aliphatic rings.